The minimum Gasteiger partial charge on any atom is -0.381 e. The van der Waals surface area contributed by atoms with Crippen LogP contribution in [0.25, 0.3) is 10.8 Å². The molecular formula is C16H19O. The summed E-state index contributed by atoms with van der Waals surface area (Å²) in [5.74, 6) is 0. The van der Waals surface area contributed by atoms with Crippen LogP contribution in [0.1, 0.15) is 18.4 Å². The van der Waals surface area contributed by atoms with Crippen LogP contribution in [0.3, 0.4) is 0 Å². The minimum atomic E-state index is 0.773. The third-order valence-corrected chi connectivity index (χ3v) is 2.90. The van der Waals surface area contributed by atoms with E-state index in [0.29, 0.717) is 0 Å². The third-order valence-electron chi connectivity index (χ3n) is 2.90. The molecule has 0 amide bonds. The minimum absolute atomic E-state index is 0.773. The number of hydrogen-bond donors (Lipinski definition) is 0. The van der Waals surface area contributed by atoms with Crippen molar-refractivity contribution in [2.75, 3.05) is 13.2 Å². The molecule has 89 valence electrons. The van der Waals surface area contributed by atoms with Gasteiger partial charge in [0.2, 0.25) is 0 Å². The highest BCUT2D eigenvalue weighted by Gasteiger charge is 1.99. The summed E-state index contributed by atoms with van der Waals surface area (Å²) in [4.78, 5) is 0. The highest BCUT2D eigenvalue weighted by molar-refractivity contribution is 5.85. The summed E-state index contributed by atoms with van der Waals surface area (Å²) in [5.41, 5.74) is 1.42. The van der Waals surface area contributed by atoms with E-state index >= 15 is 0 Å². The lowest BCUT2D eigenvalue weighted by molar-refractivity contribution is 0.136. The molecule has 1 heteroatoms. The van der Waals surface area contributed by atoms with E-state index in [2.05, 4.69) is 49.4 Å². The second-order valence-electron chi connectivity index (χ2n) is 4.21. The molecule has 0 bridgehead atoms. The molecule has 0 spiro atoms. The van der Waals surface area contributed by atoms with E-state index in [0.717, 1.165) is 32.5 Å². The Hall–Kier alpha value is -1.34. The molecule has 1 radical (unpaired) electrons. The standard InChI is InChI=1S/C16H19O/c1-2-12-17-13-6-10-15-9-5-8-14-7-3-4-11-16(14)15/h3-5,7-9,11H,1-2,6,10,12-13H2. The normalized spacial score (nSPS) is 10.9. The molecule has 0 fully saturated rings. The highest BCUT2D eigenvalue weighted by atomic mass is 16.5. The van der Waals surface area contributed by atoms with E-state index in [-0.39, 0.29) is 0 Å². The molecule has 0 aromatic heterocycles. The van der Waals surface area contributed by atoms with Crippen LogP contribution in [0, 0.1) is 6.92 Å². The smallest absolute Gasteiger partial charge is 0.0469 e. The number of benzene rings is 2. The van der Waals surface area contributed by atoms with Gasteiger partial charge >= 0.3 is 0 Å². The molecule has 2 rings (SSSR count). The van der Waals surface area contributed by atoms with Gasteiger partial charge in [-0.3, -0.25) is 0 Å². The van der Waals surface area contributed by atoms with Gasteiger partial charge in [0.15, 0.2) is 0 Å². The van der Waals surface area contributed by atoms with E-state index in [1.165, 1.54) is 16.3 Å². The summed E-state index contributed by atoms with van der Waals surface area (Å²) >= 11 is 0. The van der Waals surface area contributed by atoms with E-state index in [4.69, 9.17) is 4.74 Å². The number of aryl methyl sites for hydroxylation is 1. The molecule has 2 aromatic rings. The molecule has 0 saturated heterocycles. The first-order chi connectivity index (χ1) is 8.42. The summed E-state index contributed by atoms with van der Waals surface area (Å²) in [5, 5.41) is 2.69. The maximum Gasteiger partial charge on any atom is 0.0469 e. The van der Waals surface area contributed by atoms with Gasteiger partial charge < -0.3 is 4.74 Å². The van der Waals surface area contributed by atoms with Crippen LogP contribution in [0.5, 0.6) is 0 Å². The molecule has 0 atom stereocenters. The predicted molar refractivity (Wildman–Crippen MR) is 73.1 cm³/mol. The fourth-order valence-corrected chi connectivity index (χ4v) is 2.08. The summed E-state index contributed by atoms with van der Waals surface area (Å²) < 4.78 is 5.45. The largest absolute Gasteiger partial charge is 0.381 e. The zero-order valence-electron chi connectivity index (χ0n) is 10.2. The average molecular weight is 227 g/mol. The predicted octanol–water partition coefficient (Wildman–Crippen LogP) is 4.01. The van der Waals surface area contributed by atoms with Crippen molar-refractivity contribution in [1.82, 2.24) is 0 Å². The molecule has 2 aromatic carbocycles. The van der Waals surface area contributed by atoms with Crippen LogP contribution < -0.4 is 0 Å². The van der Waals surface area contributed by atoms with Gasteiger partial charge in [-0.15, -0.1) is 0 Å². The quantitative estimate of drug-likeness (QED) is 0.677. The molecule has 0 aliphatic rings. The Labute approximate surface area is 103 Å². The fraction of sp³-hybridized carbons (Fsp3) is 0.312. The van der Waals surface area contributed by atoms with Crippen molar-refractivity contribution in [3.05, 3.63) is 55.0 Å². The maximum absolute atomic E-state index is 5.45. The lowest BCUT2D eigenvalue weighted by Crippen LogP contribution is -1.98. The van der Waals surface area contributed by atoms with Crippen LogP contribution in [0.15, 0.2) is 42.5 Å². The summed E-state index contributed by atoms with van der Waals surface area (Å²) in [6.45, 7) is 5.36. The second-order valence-corrected chi connectivity index (χ2v) is 4.21. The second kappa shape index (κ2) is 6.41. The van der Waals surface area contributed by atoms with Gasteiger partial charge in [-0.25, -0.2) is 0 Å². The van der Waals surface area contributed by atoms with Crippen LogP contribution in [-0.4, -0.2) is 13.2 Å². The monoisotopic (exact) mass is 227 g/mol. The van der Waals surface area contributed by atoms with Crippen molar-refractivity contribution in [2.24, 2.45) is 0 Å². The van der Waals surface area contributed by atoms with Crippen LogP contribution in [0.2, 0.25) is 0 Å². The van der Waals surface area contributed by atoms with E-state index < -0.39 is 0 Å². The van der Waals surface area contributed by atoms with Crippen LogP contribution >= 0.6 is 0 Å². The Morgan fingerprint density at radius 3 is 2.65 bits per heavy atom. The van der Waals surface area contributed by atoms with Gasteiger partial charge in [0.1, 0.15) is 0 Å². The lowest BCUT2D eigenvalue weighted by atomic mass is 10.0. The molecule has 0 aliphatic carbocycles. The van der Waals surface area contributed by atoms with Gasteiger partial charge in [-0.1, -0.05) is 49.4 Å². The average Bonchev–Trinajstić information content (AvgIpc) is 2.39. The Balaban J connectivity index is 1.98. The molecule has 0 unspecified atom stereocenters. The first-order valence-corrected chi connectivity index (χ1v) is 6.25. The summed E-state index contributed by atoms with van der Waals surface area (Å²) in [6, 6.07) is 15.1. The van der Waals surface area contributed by atoms with Crippen LogP contribution in [-0.2, 0) is 11.2 Å². The topological polar surface area (TPSA) is 9.23 Å². The molecule has 0 heterocycles. The van der Waals surface area contributed by atoms with Crippen molar-refractivity contribution in [3.63, 3.8) is 0 Å². The van der Waals surface area contributed by atoms with Crippen molar-refractivity contribution in [1.29, 1.82) is 0 Å². The van der Waals surface area contributed by atoms with Gasteiger partial charge in [-0.05, 0) is 35.6 Å². The number of fused-ring (bicyclic) bond motifs is 1. The van der Waals surface area contributed by atoms with Crippen molar-refractivity contribution < 1.29 is 4.74 Å². The summed E-state index contributed by atoms with van der Waals surface area (Å²) in [6.07, 6.45) is 3.01. The SMILES string of the molecule is [CH2]CCOCCCc1cccc2ccccc12. The molecule has 0 saturated carbocycles. The Morgan fingerprint density at radius 2 is 1.76 bits per heavy atom. The Morgan fingerprint density at radius 1 is 0.941 bits per heavy atom. The third kappa shape index (κ3) is 3.31. The number of hydrogen-bond acceptors (Lipinski definition) is 1. The Kier molecular flexibility index (Phi) is 4.57. The molecule has 0 aliphatic heterocycles. The lowest BCUT2D eigenvalue weighted by Gasteiger charge is -2.06. The molecular weight excluding hydrogens is 208 g/mol. The van der Waals surface area contributed by atoms with Crippen molar-refractivity contribution in [3.8, 4) is 0 Å². The maximum atomic E-state index is 5.45. The first kappa shape index (κ1) is 12.1. The van der Waals surface area contributed by atoms with Crippen molar-refractivity contribution in [2.45, 2.75) is 19.3 Å². The van der Waals surface area contributed by atoms with Crippen molar-refractivity contribution >= 4 is 10.8 Å². The zero-order valence-corrected chi connectivity index (χ0v) is 10.2. The van der Waals surface area contributed by atoms with Gasteiger partial charge in [-0.2, -0.15) is 0 Å². The number of rotatable bonds is 6. The Bertz CT molecular complexity index is 457. The summed E-state index contributed by atoms with van der Waals surface area (Å²) in [7, 11) is 0. The zero-order chi connectivity index (χ0) is 11.9. The molecule has 17 heavy (non-hydrogen) atoms. The van der Waals surface area contributed by atoms with Gasteiger partial charge in [0.25, 0.3) is 0 Å². The fourth-order valence-electron chi connectivity index (χ4n) is 2.08. The first-order valence-electron chi connectivity index (χ1n) is 6.25. The van der Waals surface area contributed by atoms with E-state index in [1.807, 2.05) is 0 Å². The van der Waals surface area contributed by atoms with E-state index in [1.54, 1.807) is 0 Å². The molecule has 0 N–H and O–H groups in total. The number of ether oxygens (including phenoxy) is 1. The molecule has 1 nitrogen and oxygen atoms in total. The highest BCUT2D eigenvalue weighted by Crippen LogP contribution is 2.19. The van der Waals surface area contributed by atoms with E-state index in [9.17, 15) is 0 Å². The van der Waals surface area contributed by atoms with Gasteiger partial charge in [0, 0.05) is 13.2 Å². The van der Waals surface area contributed by atoms with Gasteiger partial charge in [0.05, 0.1) is 0 Å². The van der Waals surface area contributed by atoms with Crippen LogP contribution in [0.4, 0.5) is 0 Å².